The van der Waals surface area contributed by atoms with Crippen molar-refractivity contribution in [2.24, 2.45) is 0 Å². The minimum Gasteiger partial charge on any atom is -0.294 e. The van der Waals surface area contributed by atoms with Gasteiger partial charge >= 0.3 is 0 Å². The van der Waals surface area contributed by atoms with E-state index < -0.39 is 0 Å². The Hall–Kier alpha value is -1.90. The van der Waals surface area contributed by atoms with E-state index in [0.29, 0.717) is 12.5 Å². The van der Waals surface area contributed by atoms with E-state index >= 15 is 0 Å². The van der Waals surface area contributed by atoms with Crippen LogP contribution >= 0.6 is 0 Å². The van der Waals surface area contributed by atoms with Gasteiger partial charge in [0.15, 0.2) is 5.78 Å². The molecule has 1 unspecified atom stereocenters. The summed E-state index contributed by atoms with van der Waals surface area (Å²) in [5, 5.41) is 4.44. The molecule has 0 aliphatic carbocycles. The molecule has 3 nitrogen and oxygen atoms in total. The molecule has 0 bridgehead atoms. The predicted octanol–water partition coefficient (Wildman–Crippen LogP) is 3.28. The molecule has 1 aromatic heterocycles. The second-order valence-corrected chi connectivity index (χ2v) is 4.51. The van der Waals surface area contributed by atoms with E-state index in [-0.39, 0.29) is 5.78 Å². The molecule has 2 rings (SSSR count). The number of aromatic nitrogens is 2. The van der Waals surface area contributed by atoms with Gasteiger partial charge in [0.1, 0.15) is 0 Å². The molecule has 0 N–H and O–H groups in total. The molecule has 0 fully saturated rings. The molecule has 18 heavy (non-hydrogen) atoms. The van der Waals surface area contributed by atoms with Crippen LogP contribution in [0.3, 0.4) is 0 Å². The number of rotatable bonds is 5. The maximum atomic E-state index is 12.0. The van der Waals surface area contributed by atoms with Gasteiger partial charge in [0.2, 0.25) is 0 Å². The highest BCUT2D eigenvalue weighted by Crippen LogP contribution is 2.11. The summed E-state index contributed by atoms with van der Waals surface area (Å²) in [5.41, 5.74) is 1.58. The molecular weight excluding hydrogens is 224 g/mol. The van der Waals surface area contributed by atoms with Crippen LogP contribution < -0.4 is 0 Å². The summed E-state index contributed by atoms with van der Waals surface area (Å²) in [5.74, 6) is 0.116. The maximum Gasteiger partial charge on any atom is 0.168 e. The summed E-state index contributed by atoms with van der Waals surface area (Å²) >= 11 is 0. The summed E-state index contributed by atoms with van der Waals surface area (Å²) < 4.78 is 1.92. The van der Waals surface area contributed by atoms with Gasteiger partial charge in [-0.15, -0.1) is 0 Å². The standard InChI is InChI=1S/C15H18N2O/c1-3-12(2)17-10-9-14(16-17)11-15(18)13-7-5-4-6-8-13/h4-10,12H,3,11H2,1-2H3. The number of ketones is 1. The Morgan fingerprint density at radius 2 is 2.00 bits per heavy atom. The van der Waals surface area contributed by atoms with Crippen molar-refractivity contribution in [3.05, 3.63) is 53.9 Å². The topological polar surface area (TPSA) is 34.9 Å². The van der Waals surface area contributed by atoms with Gasteiger partial charge in [-0.05, 0) is 19.4 Å². The van der Waals surface area contributed by atoms with Crippen molar-refractivity contribution in [1.82, 2.24) is 9.78 Å². The highest BCUT2D eigenvalue weighted by atomic mass is 16.1. The molecule has 1 atom stereocenters. The molecule has 0 spiro atoms. The van der Waals surface area contributed by atoms with Gasteiger partial charge in [-0.3, -0.25) is 9.48 Å². The van der Waals surface area contributed by atoms with Gasteiger partial charge < -0.3 is 0 Å². The van der Waals surface area contributed by atoms with Gasteiger partial charge in [0, 0.05) is 17.8 Å². The molecular formula is C15H18N2O. The lowest BCUT2D eigenvalue weighted by atomic mass is 10.1. The lowest BCUT2D eigenvalue weighted by molar-refractivity contribution is 0.0991. The average Bonchev–Trinajstić information content (AvgIpc) is 2.87. The minimum absolute atomic E-state index is 0.116. The van der Waals surface area contributed by atoms with Crippen molar-refractivity contribution in [2.45, 2.75) is 32.7 Å². The first kappa shape index (κ1) is 12.6. The third-order valence-electron chi connectivity index (χ3n) is 3.14. The van der Waals surface area contributed by atoms with Crippen LogP contribution in [0.5, 0.6) is 0 Å². The van der Waals surface area contributed by atoms with Crippen molar-refractivity contribution in [3.8, 4) is 0 Å². The van der Waals surface area contributed by atoms with Gasteiger partial charge in [0.25, 0.3) is 0 Å². The molecule has 0 aliphatic rings. The zero-order valence-corrected chi connectivity index (χ0v) is 10.8. The number of benzene rings is 1. The summed E-state index contributed by atoms with van der Waals surface area (Å²) in [7, 11) is 0. The Balaban J connectivity index is 2.06. The molecule has 1 heterocycles. The van der Waals surface area contributed by atoms with Crippen LogP contribution in [0.4, 0.5) is 0 Å². The van der Waals surface area contributed by atoms with E-state index in [0.717, 1.165) is 17.7 Å². The van der Waals surface area contributed by atoms with E-state index in [2.05, 4.69) is 18.9 Å². The number of nitrogens with zero attached hydrogens (tertiary/aromatic N) is 2. The van der Waals surface area contributed by atoms with Crippen molar-refractivity contribution in [2.75, 3.05) is 0 Å². The second kappa shape index (κ2) is 5.63. The SMILES string of the molecule is CCC(C)n1ccc(CC(=O)c2ccccc2)n1. The first-order valence-electron chi connectivity index (χ1n) is 6.33. The molecule has 0 amide bonds. The lowest BCUT2D eigenvalue weighted by Crippen LogP contribution is -2.07. The quantitative estimate of drug-likeness (QED) is 0.754. The monoisotopic (exact) mass is 242 g/mol. The Kier molecular flexibility index (Phi) is 3.92. The van der Waals surface area contributed by atoms with Crippen molar-refractivity contribution in [1.29, 1.82) is 0 Å². The van der Waals surface area contributed by atoms with E-state index in [1.807, 2.05) is 47.3 Å². The van der Waals surface area contributed by atoms with Crippen LogP contribution in [-0.2, 0) is 6.42 Å². The van der Waals surface area contributed by atoms with E-state index in [4.69, 9.17) is 0 Å². The fourth-order valence-corrected chi connectivity index (χ4v) is 1.79. The van der Waals surface area contributed by atoms with Gasteiger partial charge in [-0.2, -0.15) is 5.10 Å². The van der Waals surface area contributed by atoms with Crippen LogP contribution in [0.15, 0.2) is 42.6 Å². The molecule has 94 valence electrons. The zero-order valence-electron chi connectivity index (χ0n) is 10.8. The predicted molar refractivity (Wildman–Crippen MR) is 71.7 cm³/mol. The van der Waals surface area contributed by atoms with Crippen LogP contribution in [0.2, 0.25) is 0 Å². The molecule has 2 aromatic rings. The third-order valence-corrected chi connectivity index (χ3v) is 3.14. The summed E-state index contributed by atoms with van der Waals surface area (Å²) in [6, 6.07) is 11.7. The molecule has 3 heteroatoms. The molecule has 0 radical (unpaired) electrons. The van der Waals surface area contributed by atoms with Crippen molar-refractivity contribution < 1.29 is 4.79 Å². The van der Waals surface area contributed by atoms with Gasteiger partial charge in [-0.1, -0.05) is 37.3 Å². The van der Waals surface area contributed by atoms with E-state index in [9.17, 15) is 4.79 Å². The van der Waals surface area contributed by atoms with Crippen molar-refractivity contribution >= 4 is 5.78 Å². The Morgan fingerprint density at radius 1 is 1.28 bits per heavy atom. The Bertz CT molecular complexity index is 516. The largest absolute Gasteiger partial charge is 0.294 e. The first-order chi connectivity index (χ1) is 8.70. The number of hydrogen-bond acceptors (Lipinski definition) is 2. The second-order valence-electron chi connectivity index (χ2n) is 4.51. The van der Waals surface area contributed by atoms with E-state index in [1.54, 1.807) is 0 Å². The molecule has 0 saturated carbocycles. The number of hydrogen-bond donors (Lipinski definition) is 0. The molecule has 0 aliphatic heterocycles. The van der Waals surface area contributed by atoms with Gasteiger partial charge in [-0.25, -0.2) is 0 Å². The van der Waals surface area contributed by atoms with Crippen LogP contribution in [0.1, 0.15) is 42.4 Å². The summed E-state index contributed by atoms with van der Waals surface area (Å²) in [6.45, 7) is 4.25. The van der Waals surface area contributed by atoms with E-state index in [1.165, 1.54) is 0 Å². The zero-order chi connectivity index (χ0) is 13.0. The number of Topliss-reactive ketones (excluding diaryl/α,β-unsaturated/α-hetero) is 1. The smallest absolute Gasteiger partial charge is 0.168 e. The Labute approximate surface area is 107 Å². The number of carbonyl (C=O) groups is 1. The third kappa shape index (κ3) is 2.86. The maximum absolute atomic E-state index is 12.0. The highest BCUT2D eigenvalue weighted by molar-refractivity contribution is 5.97. The first-order valence-corrected chi connectivity index (χ1v) is 6.33. The normalized spacial score (nSPS) is 12.3. The fourth-order valence-electron chi connectivity index (χ4n) is 1.79. The number of carbonyl (C=O) groups excluding carboxylic acids is 1. The summed E-state index contributed by atoms with van der Waals surface area (Å²) in [6.07, 6.45) is 3.35. The van der Waals surface area contributed by atoms with Crippen molar-refractivity contribution in [3.63, 3.8) is 0 Å². The average molecular weight is 242 g/mol. The minimum atomic E-state index is 0.116. The molecule has 1 aromatic carbocycles. The summed E-state index contributed by atoms with van der Waals surface area (Å²) in [4.78, 5) is 12.0. The fraction of sp³-hybridized carbons (Fsp3) is 0.333. The lowest BCUT2D eigenvalue weighted by Gasteiger charge is -2.07. The van der Waals surface area contributed by atoms with Crippen LogP contribution in [0, 0.1) is 0 Å². The van der Waals surface area contributed by atoms with Gasteiger partial charge in [0.05, 0.1) is 12.1 Å². The Morgan fingerprint density at radius 3 is 2.67 bits per heavy atom. The van der Waals surface area contributed by atoms with Crippen LogP contribution in [0.25, 0.3) is 0 Å². The van der Waals surface area contributed by atoms with Crippen LogP contribution in [-0.4, -0.2) is 15.6 Å². The molecule has 0 saturated heterocycles. The highest BCUT2D eigenvalue weighted by Gasteiger charge is 2.10.